The highest BCUT2D eigenvalue weighted by molar-refractivity contribution is 5.70. The SMILES string of the molecule is CCCCC/C=C\C/C=C\C/C=C\CCCCCCCCC(=O)OCC(COCCCCCCCC/C=C\CCCCCCCC)OC(=O)CCCCCCCCC. The minimum absolute atomic E-state index is 0.0779. The molecule has 0 radical (unpaired) electrons. The Bertz CT molecular complexity index is 966. The Kier molecular flexibility index (Phi) is 47.4. The first kappa shape index (κ1) is 55.9. The van der Waals surface area contributed by atoms with E-state index in [1.54, 1.807) is 0 Å². The summed E-state index contributed by atoms with van der Waals surface area (Å²) in [6.07, 6.45) is 59.8. The van der Waals surface area contributed by atoms with E-state index in [0.717, 1.165) is 64.2 Å². The predicted molar refractivity (Wildman–Crippen MR) is 251 cm³/mol. The van der Waals surface area contributed by atoms with Crippen LogP contribution < -0.4 is 0 Å². The van der Waals surface area contributed by atoms with Crippen molar-refractivity contribution in [2.75, 3.05) is 19.8 Å². The van der Waals surface area contributed by atoms with Gasteiger partial charge in [-0.05, 0) is 83.5 Å². The lowest BCUT2D eigenvalue weighted by Gasteiger charge is -2.18. The molecule has 0 aliphatic heterocycles. The largest absolute Gasteiger partial charge is 0.462 e. The Morgan fingerprint density at radius 2 is 0.724 bits per heavy atom. The van der Waals surface area contributed by atoms with Crippen LogP contribution in [0.1, 0.15) is 252 Å². The second-order valence-electron chi connectivity index (χ2n) is 16.7. The summed E-state index contributed by atoms with van der Waals surface area (Å²) in [6.45, 7) is 7.76. The highest BCUT2D eigenvalue weighted by Crippen LogP contribution is 2.14. The minimum Gasteiger partial charge on any atom is -0.462 e. The summed E-state index contributed by atoms with van der Waals surface area (Å²) >= 11 is 0. The maximum atomic E-state index is 12.7. The van der Waals surface area contributed by atoms with Crippen LogP contribution in [0.25, 0.3) is 0 Å². The maximum Gasteiger partial charge on any atom is 0.306 e. The lowest BCUT2D eigenvalue weighted by atomic mass is 10.1. The molecule has 0 rings (SSSR count). The topological polar surface area (TPSA) is 61.8 Å². The van der Waals surface area contributed by atoms with Crippen molar-refractivity contribution in [1.82, 2.24) is 0 Å². The number of carbonyl (C=O) groups excluding carboxylic acids is 2. The first-order valence-electron chi connectivity index (χ1n) is 25.2. The van der Waals surface area contributed by atoms with Crippen molar-refractivity contribution >= 4 is 11.9 Å². The fourth-order valence-electron chi connectivity index (χ4n) is 7.04. The minimum atomic E-state index is -0.539. The van der Waals surface area contributed by atoms with Gasteiger partial charge in [0.1, 0.15) is 6.61 Å². The predicted octanol–water partition coefficient (Wildman–Crippen LogP) is 16.8. The van der Waals surface area contributed by atoms with Crippen LogP contribution >= 0.6 is 0 Å². The van der Waals surface area contributed by atoms with Crippen molar-refractivity contribution in [3.05, 3.63) is 48.6 Å². The Morgan fingerprint density at radius 3 is 1.21 bits per heavy atom. The zero-order valence-electron chi connectivity index (χ0n) is 38.8. The van der Waals surface area contributed by atoms with Crippen LogP contribution in [0.5, 0.6) is 0 Å². The third kappa shape index (κ3) is 46.5. The van der Waals surface area contributed by atoms with E-state index in [2.05, 4.69) is 69.4 Å². The molecule has 0 spiro atoms. The number of rotatable bonds is 46. The van der Waals surface area contributed by atoms with E-state index in [9.17, 15) is 9.59 Å². The summed E-state index contributed by atoms with van der Waals surface area (Å²) in [7, 11) is 0. The van der Waals surface area contributed by atoms with E-state index in [-0.39, 0.29) is 25.2 Å². The first-order valence-corrected chi connectivity index (χ1v) is 25.2. The molecule has 0 saturated heterocycles. The van der Waals surface area contributed by atoms with Crippen LogP contribution in [0.3, 0.4) is 0 Å². The highest BCUT2D eigenvalue weighted by Gasteiger charge is 2.17. The van der Waals surface area contributed by atoms with Gasteiger partial charge in [-0.3, -0.25) is 9.59 Å². The lowest BCUT2D eigenvalue weighted by Crippen LogP contribution is -2.30. The van der Waals surface area contributed by atoms with Crippen molar-refractivity contribution in [2.24, 2.45) is 0 Å². The van der Waals surface area contributed by atoms with Crippen LogP contribution in [0.15, 0.2) is 48.6 Å². The van der Waals surface area contributed by atoms with Gasteiger partial charge in [0.25, 0.3) is 0 Å². The molecule has 1 atom stereocenters. The van der Waals surface area contributed by atoms with Gasteiger partial charge < -0.3 is 14.2 Å². The van der Waals surface area contributed by atoms with Gasteiger partial charge in [0.15, 0.2) is 6.10 Å². The van der Waals surface area contributed by atoms with E-state index in [1.807, 2.05) is 0 Å². The molecule has 0 heterocycles. The standard InChI is InChI=1S/C53H96O5/c1-4-7-10-13-16-18-20-22-24-26-27-28-29-31-33-35-38-40-43-46-52(54)57-50-51(58-53(55)47-44-41-37-15-12-9-6-3)49-56-48-45-42-39-36-34-32-30-25-23-21-19-17-14-11-8-5-2/h16,18,22-25,27-28,51H,4-15,17,19-21,26,29-50H2,1-3H3/b18-16-,24-22-,25-23-,28-27-. The normalized spacial score (nSPS) is 12.5. The summed E-state index contributed by atoms with van der Waals surface area (Å²) in [6, 6.07) is 0. The second-order valence-corrected chi connectivity index (χ2v) is 16.7. The van der Waals surface area contributed by atoms with Gasteiger partial charge in [-0.15, -0.1) is 0 Å². The van der Waals surface area contributed by atoms with Crippen molar-refractivity contribution < 1.29 is 23.8 Å². The van der Waals surface area contributed by atoms with Gasteiger partial charge in [0.05, 0.1) is 6.61 Å². The number of hydrogen-bond donors (Lipinski definition) is 0. The van der Waals surface area contributed by atoms with Crippen LogP contribution in [-0.4, -0.2) is 37.9 Å². The van der Waals surface area contributed by atoms with E-state index in [0.29, 0.717) is 19.4 Å². The molecule has 0 aromatic rings. The average Bonchev–Trinajstić information content (AvgIpc) is 3.22. The van der Waals surface area contributed by atoms with E-state index < -0.39 is 6.10 Å². The molecule has 0 bridgehead atoms. The number of ether oxygens (including phenoxy) is 3. The van der Waals surface area contributed by atoms with E-state index >= 15 is 0 Å². The summed E-state index contributed by atoms with van der Waals surface area (Å²) < 4.78 is 17.3. The van der Waals surface area contributed by atoms with Crippen molar-refractivity contribution in [1.29, 1.82) is 0 Å². The Labute approximate surface area is 361 Å². The van der Waals surface area contributed by atoms with Crippen LogP contribution in [0.2, 0.25) is 0 Å². The molecule has 1 unspecified atom stereocenters. The van der Waals surface area contributed by atoms with Gasteiger partial charge in [0.2, 0.25) is 0 Å². The fourth-order valence-corrected chi connectivity index (χ4v) is 7.04. The molecular weight excluding hydrogens is 717 g/mol. The Hall–Kier alpha value is -2.14. The molecule has 5 nitrogen and oxygen atoms in total. The van der Waals surface area contributed by atoms with Gasteiger partial charge in [0, 0.05) is 19.4 Å². The first-order chi connectivity index (χ1) is 28.6. The van der Waals surface area contributed by atoms with Crippen LogP contribution in [0.4, 0.5) is 0 Å². The molecule has 0 aliphatic carbocycles. The van der Waals surface area contributed by atoms with Crippen molar-refractivity contribution in [2.45, 2.75) is 258 Å². The smallest absolute Gasteiger partial charge is 0.306 e. The number of unbranched alkanes of at least 4 members (excludes halogenated alkanes) is 27. The number of esters is 2. The number of allylic oxidation sites excluding steroid dienone is 8. The van der Waals surface area contributed by atoms with E-state index in [4.69, 9.17) is 14.2 Å². The third-order valence-electron chi connectivity index (χ3n) is 10.8. The van der Waals surface area contributed by atoms with Crippen LogP contribution in [-0.2, 0) is 23.8 Å². The molecule has 0 fully saturated rings. The summed E-state index contributed by atoms with van der Waals surface area (Å²) in [4.78, 5) is 25.2. The fraction of sp³-hybridized carbons (Fsp3) is 0.811. The lowest BCUT2D eigenvalue weighted by molar-refractivity contribution is -0.163. The monoisotopic (exact) mass is 813 g/mol. The van der Waals surface area contributed by atoms with E-state index in [1.165, 1.54) is 154 Å². The molecule has 0 saturated carbocycles. The van der Waals surface area contributed by atoms with Gasteiger partial charge in [-0.2, -0.15) is 0 Å². The molecule has 5 heteroatoms. The number of hydrogen-bond acceptors (Lipinski definition) is 5. The zero-order chi connectivity index (χ0) is 42.1. The highest BCUT2D eigenvalue weighted by atomic mass is 16.6. The number of carbonyl (C=O) groups is 2. The quantitative estimate of drug-likeness (QED) is 0.0348. The summed E-state index contributed by atoms with van der Waals surface area (Å²) in [5.74, 6) is -0.414. The molecular formula is C53H96O5. The van der Waals surface area contributed by atoms with Gasteiger partial charge >= 0.3 is 11.9 Å². The summed E-state index contributed by atoms with van der Waals surface area (Å²) in [5, 5.41) is 0. The Balaban J connectivity index is 4.14. The van der Waals surface area contributed by atoms with Crippen molar-refractivity contribution in [3.8, 4) is 0 Å². The molecule has 0 amide bonds. The van der Waals surface area contributed by atoms with Crippen LogP contribution in [0, 0.1) is 0 Å². The Morgan fingerprint density at radius 1 is 0.379 bits per heavy atom. The summed E-state index contributed by atoms with van der Waals surface area (Å²) in [5.41, 5.74) is 0. The zero-order valence-corrected chi connectivity index (χ0v) is 38.8. The third-order valence-corrected chi connectivity index (χ3v) is 10.8. The average molecular weight is 813 g/mol. The molecule has 0 aromatic heterocycles. The molecule has 338 valence electrons. The second kappa shape index (κ2) is 49.2. The van der Waals surface area contributed by atoms with Crippen molar-refractivity contribution in [3.63, 3.8) is 0 Å². The molecule has 0 aliphatic rings. The molecule has 0 aromatic carbocycles. The van der Waals surface area contributed by atoms with Gasteiger partial charge in [-0.1, -0.05) is 204 Å². The molecule has 58 heavy (non-hydrogen) atoms. The van der Waals surface area contributed by atoms with Gasteiger partial charge in [-0.25, -0.2) is 0 Å². The molecule has 0 N–H and O–H groups in total. The maximum absolute atomic E-state index is 12.7.